The number of rotatable bonds is 5. The summed E-state index contributed by atoms with van der Waals surface area (Å²) in [5, 5.41) is 0.879. The summed E-state index contributed by atoms with van der Waals surface area (Å²) in [5.74, 6) is -1.67. The van der Waals surface area contributed by atoms with Crippen LogP contribution in [0.5, 0.6) is 0 Å². The highest BCUT2D eigenvalue weighted by atomic mass is 32.2. The summed E-state index contributed by atoms with van der Waals surface area (Å²) in [6.07, 6.45) is 1.36. The van der Waals surface area contributed by atoms with Crippen molar-refractivity contribution in [2.45, 2.75) is 0 Å². The summed E-state index contributed by atoms with van der Waals surface area (Å²) < 4.78 is 30.2. The van der Waals surface area contributed by atoms with Crippen molar-refractivity contribution in [2.75, 3.05) is 7.11 Å². The zero-order chi connectivity index (χ0) is 17.6. The molecule has 1 heterocycles. The van der Waals surface area contributed by atoms with Gasteiger partial charge in [0.2, 0.25) is 0 Å². The molecule has 0 unspecified atom stereocenters. The van der Waals surface area contributed by atoms with Crippen LogP contribution in [0.3, 0.4) is 0 Å². The average Bonchev–Trinajstić information content (AvgIpc) is 2.60. The first-order valence-electron chi connectivity index (χ1n) is 6.77. The van der Waals surface area contributed by atoms with E-state index >= 15 is 0 Å². The van der Waals surface area contributed by atoms with Gasteiger partial charge in [0.25, 0.3) is 15.9 Å². The van der Waals surface area contributed by atoms with Crippen LogP contribution < -0.4 is 4.72 Å². The molecule has 0 spiro atoms. The van der Waals surface area contributed by atoms with Gasteiger partial charge in [0.05, 0.1) is 12.5 Å². The lowest BCUT2D eigenvalue weighted by atomic mass is 10.2. The maximum atomic E-state index is 12.0. The average molecular weight is 346 g/mol. The third-order valence-electron chi connectivity index (χ3n) is 2.85. The Bertz CT molecular complexity index is 876. The number of nitrogens with zero attached hydrogens (tertiary/aromatic N) is 1. The normalized spacial score (nSPS) is 11.2. The quantitative estimate of drug-likeness (QED) is 0.825. The van der Waals surface area contributed by atoms with Gasteiger partial charge in [0.15, 0.2) is 0 Å². The molecule has 0 saturated heterocycles. The second-order valence-corrected chi connectivity index (χ2v) is 6.16. The molecule has 1 aromatic carbocycles. The van der Waals surface area contributed by atoms with Crippen molar-refractivity contribution in [3.8, 4) is 0 Å². The van der Waals surface area contributed by atoms with E-state index in [2.05, 4.69) is 9.72 Å². The fourth-order valence-electron chi connectivity index (χ4n) is 1.73. The SMILES string of the molecule is COC(=O)c1cccc(C(=O)NS(=O)(=O)/C=C\c2ccccc2)n1. The van der Waals surface area contributed by atoms with Crippen molar-refractivity contribution in [2.24, 2.45) is 0 Å². The molecule has 124 valence electrons. The van der Waals surface area contributed by atoms with E-state index < -0.39 is 21.9 Å². The smallest absolute Gasteiger partial charge is 0.356 e. The number of hydrogen-bond donors (Lipinski definition) is 1. The number of benzene rings is 1. The van der Waals surface area contributed by atoms with Crippen molar-refractivity contribution in [1.82, 2.24) is 9.71 Å². The molecule has 1 amide bonds. The largest absolute Gasteiger partial charge is 0.464 e. The minimum Gasteiger partial charge on any atom is -0.464 e. The van der Waals surface area contributed by atoms with E-state index in [9.17, 15) is 18.0 Å². The number of amides is 1. The van der Waals surface area contributed by atoms with Gasteiger partial charge < -0.3 is 4.74 Å². The molecule has 24 heavy (non-hydrogen) atoms. The van der Waals surface area contributed by atoms with Gasteiger partial charge in [-0.3, -0.25) is 4.79 Å². The highest BCUT2D eigenvalue weighted by Crippen LogP contribution is 2.05. The Hall–Kier alpha value is -3.00. The number of carbonyl (C=O) groups excluding carboxylic acids is 2. The third-order valence-corrected chi connectivity index (χ3v) is 3.81. The Morgan fingerprint density at radius 3 is 2.38 bits per heavy atom. The number of esters is 1. The molecule has 2 aromatic rings. The van der Waals surface area contributed by atoms with Crippen molar-refractivity contribution in [1.29, 1.82) is 0 Å². The molecular weight excluding hydrogens is 332 g/mol. The fraction of sp³-hybridized carbons (Fsp3) is 0.0625. The second kappa shape index (κ2) is 7.51. The molecule has 0 aliphatic rings. The van der Waals surface area contributed by atoms with Crippen LogP contribution in [-0.2, 0) is 14.8 Å². The molecule has 0 aliphatic carbocycles. The first kappa shape index (κ1) is 17.4. The molecule has 1 aromatic heterocycles. The van der Waals surface area contributed by atoms with Crippen LogP contribution in [0.2, 0.25) is 0 Å². The molecule has 1 N–H and O–H groups in total. The molecule has 0 bridgehead atoms. The van der Waals surface area contributed by atoms with Gasteiger partial charge in [-0.15, -0.1) is 0 Å². The molecular formula is C16H14N2O5S. The number of methoxy groups -OCH3 is 1. The first-order chi connectivity index (χ1) is 11.4. The highest BCUT2D eigenvalue weighted by Gasteiger charge is 2.16. The number of carbonyl (C=O) groups is 2. The molecule has 0 radical (unpaired) electrons. The van der Waals surface area contributed by atoms with Crippen LogP contribution in [-0.4, -0.2) is 32.4 Å². The Morgan fingerprint density at radius 1 is 1.04 bits per heavy atom. The van der Waals surface area contributed by atoms with E-state index in [1.807, 2.05) is 4.72 Å². The lowest BCUT2D eigenvalue weighted by Crippen LogP contribution is -2.29. The van der Waals surface area contributed by atoms with Crippen LogP contribution in [0, 0.1) is 0 Å². The van der Waals surface area contributed by atoms with Crippen LogP contribution in [0.4, 0.5) is 0 Å². The molecule has 7 nitrogen and oxygen atoms in total. The molecule has 8 heteroatoms. The minimum absolute atomic E-state index is 0.0950. The summed E-state index contributed by atoms with van der Waals surface area (Å²) in [5.41, 5.74) is 0.359. The zero-order valence-corrected chi connectivity index (χ0v) is 13.5. The first-order valence-corrected chi connectivity index (χ1v) is 8.31. The van der Waals surface area contributed by atoms with E-state index in [1.54, 1.807) is 30.3 Å². The standard InChI is InChI=1S/C16H14N2O5S/c1-23-16(20)14-9-5-8-13(17-14)15(19)18-24(21,22)11-10-12-6-3-2-4-7-12/h2-11H,1H3,(H,18,19)/b11-10-. The Labute approximate surface area is 139 Å². The van der Waals surface area contributed by atoms with Gasteiger partial charge >= 0.3 is 5.97 Å². The van der Waals surface area contributed by atoms with E-state index in [4.69, 9.17) is 0 Å². The van der Waals surface area contributed by atoms with Crippen LogP contribution in [0.1, 0.15) is 26.5 Å². The van der Waals surface area contributed by atoms with Gasteiger partial charge in [0, 0.05) is 0 Å². The van der Waals surface area contributed by atoms with Crippen molar-refractivity contribution < 1.29 is 22.7 Å². The molecule has 0 atom stereocenters. The number of aromatic nitrogens is 1. The van der Waals surface area contributed by atoms with Crippen LogP contribution in [0.15, 0.2) is 53.9 Å². The maximum absolute atomic E-state index is 12.0. The topological polar surface area (TPSA) is 102 Å². The Morgan fingerprint density at radius 2 is 1.71 bits per heavy atom. The predicted octanol–water partition coefficient (Wildman–Crippen LogP) is 1.60. The fourth-order valence-corrected chi connectivity index (χ4v) is 2.49. The Kier molecular flexibility index (Phi) is 5.43. The number of pyridine rings is 1. The summed E-state index contributed by atoms with van der Waals surface area (Å²) in [6.45, 7) is 0. The number of sulfonamides is 1. The van der Waals surface area contributed by atoms with Gasteiger partial charge in [0.1, 0.15) is 11.4 Å². The van der Waals surface area contributed by atoms with Gasteiger partial charge in [-0.05, 0) is 23.8 Å². The molecule has 0 aliphatic heterocycles. The lowest BCUT2D eigenvalue weighted by molar-refractivity contribution is 0.0594. The van der Waals surface area contributed by atoms with Crippen molar-refractivity contribution in [3.05, 3.63) is 70.9 Å². The maximum Gasteiger partial charge on any atom is 0.356 e. The number of ether oxygens (including phenoxy) is 1. The Balaban J connectivity index is 2.13. The summed E-state index contributed by atoms with van der Waals surface area (Å²) in [7, 11) is -2.83. The number of nitrogens with one attached hydrogen (secondary N) is 1. The lowest BCUT2D eigenvalue weighted by Gasteiger charge is -2.04. The summed E-state index contributed by atoms with van der Waals surface area (Å²) in [6, 6.07) is 12.8. The van der Waals surface area contributed by atoms with E-state index in [1.165, 1.54) is 31.4 Å². The van der Waals surface area contributed by atoms with Crippen molar-refractivity contribution >= 4 is 28.0 Å². The predicted molar refractivity (Wildman–Crippen MR) is 87.4 cm³/mol. The van der Waals surface area contributed by atoms with Crippen LogP contribution >= 0.6 is 0 Å². The highest BCUT2D eigenvalue weighted by molar-refractivity contribution is 7.93. The van der Waals surface area contributed by atoms with E-state index in [0.717, 1.165) is 5.41 Å². The monoisotopic (exact) mass is 346 g/mol. The molecule has 0 fully saturated rings. The minimum atomic E-state index is -4.00. The number of hydrogen-bond acceptors (Lipinski definition) is 6. The van der Waals surface area contributed by atoms with Gasteiger partial charge in [-0.1, -0.05) is 36.4 Å². The second-order valence-electron chi connectivity index (χ2n) is 4.59. The zero-order valence-electron chi connectivity index (χ0n) is 12.7. The van der Waals surface area contributed by atoms with Crippen molar-refractivity contribution in [3.63, 3.8) is 0 Å². The van der Waals surface area contributed by atoms with Crippen LogP contribution in [0.25, 0.3) is 6.08 Å². The molecule has 2 rings (SSSR count). The summed E-state index contributed by atoms with van der Waals surface area (Å²) in [4.78, 5) is 27.2. The molecule has 0 saturated carbocycles. The van der Waals surface area contributed by atoms with Gasteiger partial charge in [-0.2, -0.15) is 0 Å². The van der Waals surface area contributed by atoms with E-state index in [0.29, 0.717) is 5.56 Å². The third kappa shape index (κ3) is 4.75. The van der Waals surface area contributed by atoms with E-state index in [-0.39, 0.29) is 11.4 Å². The van der Waals surface area contributed by atoms with Gasteiger partial charge in [-0.25, -0.2) is 22.9 Å². The summed E-state index contributed by atoms with van der Waals surface area (Å²) >= 11 is 0.